The van der Waals surface area contributed by atoms with Crippen molar-refractivity contribution in [3.8, 4) is 5.75 Å². The molecule has 17 heavy (non-hydrogen) atoms. The predicted molar refractivity (Wildman–Crippen MR) is 65.2 cm³/mol. The average molecular weight is 233 g/mol. The monoisotopic (exact) mass is 233 g/mol. The van der Waals surface area contributed by atoms with Crippen molar-refractivity contribution in [2.45, 2.75) is 13.3 Å². The molecular weight excluding hydrogens is 218 g/mol. The van der Waals surface area contributed by atoms with Crippen molar-refractivity contribution in [3.63, 3.8) is 0 Å². The maximum atomic E-state index is 11.4. The summed E-state index contributed by atoms with van der Waals surface area (Å²) >= 11 is 0. The molecule has 2 rings (SSSR count). The van der Waals surface area contributed by atoms with Gasteiger partial charge in [-0.25, -0.2) is 0 Å². The van der Waals surface area contributed by atoms with Gasteiger partial charge in [0.05, 0.1) is 20.1 Å². The van der Waals surface area contributed by atoms with Gasteiger partial charge in [0.2, 0.25) is 0 Å². The van der Waals surface area contributed by atoms with E-state index in [1.54, 1.807) is 14.0 Å². The Labute approximate surface area is 99.5 Å². The maximum Gasteiger partial charge on any atom is 0.310 e. The van der Waals surface area contributed by atoms with Crippen molar-refractivity contribution in [1.29, 1.82) is 0 Å². The lowest BCUT2D eigenvalue weighted by Crippen LogP contribution is -2.06. The summed E-state index contributed by atoms with van der Waals surface area (Å²) in [5.74, 6) is 0.589. The normalized spacial score (nSPS) is 10.5. The molecule has 2 aromatic rings. The van der Waals surface area contributed by atoms with Gasteiger partial charge in [0, 0.05) is 23.2 Å². The molecule has 0 bridgehead atoms. The van der Waals surface area contributed by atoms with Crippen LogP contribution in [0.3, 0.4) is 0 Å². The Bertz CT molecular complexity index is 530. The minimum absolute atomic E-state index is 0.204. The van der Waals surface area contributed by atoms with Gasteiger partial charge < -0.3 is 14.5 Å². The summed E-state index contributed by atoms with van der Waals surface area (Å²) in [5, 5.41) is 1.03. The van der Waals surface area contributed by atoms with Crippen LogP contribution in [0.2, 0.25) is 0 Å². The van der Waals surface area contributed by atoms with Crippen molar-refractivity contribution >= 4 is 16.9 Å². The molecule has 4 nitrogen and oxygen atoms in total. The number of methoxy groups -OCH3 is 1. The SMILES string of the molecule is CCOC(=O)Cc1c[nH]c2cc(OC)ccc12. The third-order valence-corrected chi connectivity index (χ3v) is 2.61. The molecule has 0 unspecified atom stereocenters. The molecule has 0 saturated heterocycles. The van der Waals surface area contributed by atoms with E-state index in [1.807, 2.05) is 24.4 Å². The number of nitrogens with one attached hydrogen (secondary N) is 1. The molecular formula is C13H15NO3. The molecule has 4 heteroatoms. The third kappa shape index (κ3) is 2.41. The van der Waals surface area contributed by atoms with Crippen LogP contribution in [0.5, 0.6) is 5.75 Å². The Morgan fingerprint density at radius 3 is 2.94 bits per heavy atom. The number of H-pyrrole nitrogens is 1. The lowest BCUT2D eigenvalue weighted by molar-refractivity contribution is -0.142. The van der Waals surface area contributed by atoms with Gasteiger partial charge in [0.15, 0.2) is 0 Å². The lowest BCUT2D eigenvalue weighted by atomic mass is 10.1. The Balaban J connectivity index is 2.27. The van der Waals surface area contributed by atoms with E-state index in [2.05, 4.69) is 4.98 Å². The van der Waals surface area contributed by atoms with E-state index in [-0.39, 0.29) is 5.97 Å². The van der Waals surface area contributed by atoms with Crippen LogP contribution in [0.1, 0.15) is 12.5 Å². The first-order valence-electron chi connectivity index (χ1n) is 5.54. The molecule has 1 N–H and O–H groups in total. The number of esters is 1. The average Bonchev–Trinajstić information content (AvgIpc) is 2.72. The first-order valence-corrected chi connectivity index (χ1v) is 5.54. The fraction of sp³-hybridized carbons (Fsp3) is 0.308. The van der Waals surface area contributed by atoms with E-state index in [1.165, 1.54) is 0 Å². The highest BCUT2D eigenvalue weighted by Gasteiger charge is 2.09. The van der Waals surface area contributed by atoms with Crippen LogP contribution in [-0.2, 0) is 16.0 Å². The zero-order valence-corrected chi connectivity index (χ0v) is 9.95. The molecule has 0 fully saturated rings. The minimum Gasteiger partial charge on any atom is -0.497 e. The van der Waals surface area contributed by atoms with Crippen LogP contribution in [0.25, 0.3) is 10.9 Å². The molecule has 0 aliphatic rings. The number of ether oxygens (including phenoxy) is 2. The van der Waals surface area contributed by atoms with Crippen molar-refractivity contribution in [1.82, 2.24) is 4.98 Å². The summed E-state index contributed by atoms with van der Waals surface area (Å²) in [7, 11) is 1.63. The van der Waals surface area contributed by atoms with Crippen LogP contribution in [-0.4, -0.2) is 24.7 Å². The summed E-state index contributed by atoms with van der Waals surface area (Å²) < 4.78 is 10.1. The second-order valence-corrected chi connectivity index (χ2v) is 3.71. The van der Waals surface area contributed by atoms with Gasteiger partial charge in [-0.05, 0) is 24.6 Å². The molecule has 0 spiro atoms. The van der Waals surface area contributed by atoms with Gasteiger partial charge in [-0.2, -0.15) is 0 Å². The van der Waals surface area contributed by atoms with Gasteiger partial charge in [-0.15, -0.1) is 0 Å². The van der Waals surface area contributed by atoms with Crippen LogP contribution < -0.4 is 4.74 Å². The van der Waals surface area contributed by atoms with Gasteiger partial charge >= 0.3 is 5.97 Å². The largest absolute Gasteiger partial charge is 0.497 e. The van der Waals surface area contributed by atoms with Gasteiger partial charge in [-0.3, -0.25) is 4.79 Å². The fourth-order valence-electron chi connectivity index (χ4n) is 1.81. The zero-order valence-electron chi connectivity index (χ0n) is 9.95. The molecule has 90 valence electrons. The molecule has 1 aromatic carbocycles. The van der Waals surface area contributed by atoms with E-state index in [0.29, 0.717) is 13.0 Å². The number of fused-ring (bicyclic) bond motifs is 1. The van der Waals surface area contributed by atoms with E-state index >= 15 is 0 Å². The standard InChI is InChI=1S/C13H15NO3/c1-3-17-13(15)6-9-8-14-12-7-10(16-2)4-5-11(9)12/h4-5,7-8,14H,3,6H2,1-2H3. The second-order valence-electron chi connectivity index (χ2n) is 3.71. The molecule has 0 aliphatic carbocycles. The van der Waals surface area contributed by atoms with E-state index in [9.17, 15) is 4.79 Å². The Morgan fingerprint density at radius 1 is 1.41 bits per heavy atom. The summed E-state index contributed by atoms with van der Waals surface area (Å²) in [4.78, 5) is 14.5. The van der Waals surface area contributed by atoms with E-state index < -0.39 is 0 Å². The summed E-state index contributed by atoms with van der Waals surface area (Å²) in [6.45, 7) is 2.22. The van der Waals surface area contributed by atoms with E-state index in [4.69, 9.17) is 9.47 Å². The third-order valence-electron chi connectivity index (χ3n) is 2.61. The van der Waals surface area contributed by atoms with Gasteiger partial charge in [-0.1, -0.05) is 0 Å². The fourth-order valence-corrected chi connectivity index (χ4v) is 1.81. The summed E-state index contributed by atoms with van der Waals surface area (Å²) in [5.41, 5.74) is 1.91. The highest BCUT2D eigenvalue weighted by atomic mass is 16.5. The topological polar surface area (TPSA) is 51.3 Å². The number of hydrogen-bond donors (Lipinski definition) is 1. The van der Waals surface area contributed by atoms with Crippen molar-refractivity contribution in [2.75, 3.05) is 13.7 Å². The van der Waals surface area contributed by atoms with Crippen LogP contribution in [0.15, 0.2) is 24.4 Å². The van der Waals surface area contributed by atoms with Crippen LogP contribution >= 0.6 is 0 Å². The maximum absolute atomic E-state index is 11.4. The number of carbonyl (C=O) groups is 1. The predicted octanol–water partition coefficient (Wildman–Crippen LogP) is 2.28. The number of carbonyl (C=O) groups excluding carboxylic acids is 1. The number of aromatic amines is 1. The molecule has 1 aromatic heterocycles. The summed E-state index contributed by atoms with van der Waals surface area (Å²) in [6, 6.07) is 5.73. The highest BCUT2D eigenvalue weighted by Crippen LogP contribution is 2.23. The molecule has 1 heterocycles. The Hall–Kier alpha value is -1.97. The first kappa shape index (κ1) is 11.5. The van der Waals surface area contributed by atoms with Crippen LogP contribution in [0, 0.1) is 0 Å². The molecule has 0 aliphatic heterocycles. The molecule has 0 radical (unpaired) electrons. The number of rotatable bonds is 4. The molecule has 0 amide bonds. The Kier molecular flexibility index (Phi) is 3.32. The number of benzene rings is 1. The molecule has 0 atom stereocenters. The first-order chi connectivity index (χ1) is 8.24. The van der Waals surface area contributed by atoms with Crippen molar-refractivity contribution in [3.05, 3.63) is 30.0 Å². The molecule has 0 saturated carbocycles. The van der Waals surface area contributed by atoms with Crippen molar-refractivity contribution in [2.24, 2.45) is 0 Å². The smallest absolute Gasteiger partial charge is 0.310 e. The highest BCUT2D eigenvalue weighted by molar-refractivity contribution is 5.88. The second kappa shape index (κ2) is 4.91. The van der Waals surface area contributed by atoms with Crippen molar-refractivity contribution < 1.29 is 14.3 Å². The van der Waals surface area contributed by atoms with Crippen LogP contribution in [0.4, 0.5) is 0 Å². The van der Waals surface area contributed by atoms with Gasteiger partial charge in [0.25, 0.3) is 0 Å². The Morgan fingerprint density at radius 2 is 2.24 bits per heavy atom. The quantitative estimate of drug-likeness (QED) is 0.824. The number of aromatic nitrogens is 1. The van der Waals surface area contributed by atoms with Gasteiger partial charge in [0.1, 0.15) is 5.75 Å². The number of hydrogen-bond acceptors (Lipinski definition) is 3. The lowest BCUT2D eigenvalue weighted by Gasteiger charge is -2.01. The van der Waals surface area contributed by atoms with E-state index in [0.717, 1.165) is 22.2 Å². The zero-order chi connectivity index (χ0) is 12.3. The minimum atomic E-state index is -0.204. The summed E-state index contributed by atoms with van der Waals surface area (Å²) in [6.07, 6.45) is 2.13.